The van der Waals surface area contributed by atoms with Gasteiger partial charge in [0.25, 0.3) is 0 Å². The van der Waals surface area contributed by atoms with Gasteiger partial charge in [0.05, 0.1) is 0 Å². The molecule has 0 aromatic heterocycles. The predicted molar refractivity (Wildman–Crippen MR) is 93.2 cm³/mol. The highest BCUT2D eigenvalue weighted by atomic mass is 14.1. The first-order valence-corrected chi connectivity index (χ1v) is 7.21. The zero-order valence-electron chi connectivity index (χ0n) is 12.2. The van der Waals surface area contributed by atoms with Gasteiger partial charge in [0, 0.05) is 0 Å². The van der Waals surface area contributed by atoms with Gasteiger partial charge in [-0.15, -0.1) is 0 Å². The summed E-state index contributed by atoms with van der Waals surface area (Å²) < 4.78 is 0. The smallest absolute Gasteiger partial charge is 0.0102 e. The van der Waals surface area contributed by atoms with E-state index in [9.17, 15) is 0 Å². The first kappa shape index (κ1) is 13.4. The zero-order valence-corrected chi connectivity index (χ0v) is 12.2. The monoisotopic (exact) mass is 270 g/mol. The standard InChI is InChI=1S/C21H18/c1-3-16-10-5-7-13-19(16)18(4-2)21-15-9-12-17-11-6-8-14-20(17)21/h3-15H,1H2,2H3/b18-4+. The summed E-state index contributed by atoms with van der Waals surface area (Å²) in [6.45, 7) is 6.03. The number of hydrogen-bond acceptors (Lipinski definition) is 0. The van der Waals surface area contributed by atoms with E-state index in [1.165, 1.54) is 33.0 Å². The molecule has 0 spiro atoms. The van der Waals surface area contributed by atoms with Crippen molar-refractivity contribution in [1.29, 1.82) is 0 Å². The van der Waals surface area contributed by atoms with E-state index in [-0.39, 0.29) is 0 Å². The van der Waals surface area contributed by atoms with Crippen molar-refractivity contribution in [3.05, 3.63) is 96.1 Å². The molecule has 0 aliphatic carbocycles. The van der Waals surface area contributed by atoms with E-state index in [1.54, 1.807) is 0 Å². The molecule has 0 nitrogen and oxygen atoms in total. The van der Waals surface area contributed by atoms with Crippen molar-refractivity contribution in [2.45, 2.75) is 6.92 Å². The minimum absolute atomic E-state index is 1.17. The second-order valence-electron chi connectivity index (χ2n) is 5.02. The highest BCUT2D eigenvalue weighted by Crippen LogP contribution is 2.31. The lowest BCUT2D eigenvalue weighted by Gasteiger charge is -2.13. The maximum absolute atomic E-state index is 3.94. The Labute approximate surface area is 126 Å². The van der Waals surface area contributed by atoms with Gasteiger partial charge in [-0.25, -0.2) is 0 Å². The topological polar surface area (TPSA) is 0 Å². The van der Waals surface area contributed by atoms with Gasteiger partial charge >= 0.3 is 0 Å². The van der Waals surface area contributed by atoms with Gasteiger partial charge in [-0.1, -0.05) is 85.5 Å². The van der Waals surface area contributed by atoms with Crippen LogP contribution in [0.4, 0.5) is 0 Å². The van der Waals surface area contributed by atoms with Gasteiger partial charge in [-0.05, 0) is 40.0 Å². The van der Waals surface area contributed by atoms with E-state index in [0.717, 1.165) is 0 Å². The summed E-state index contributed by atoms with van der Waals surface area (Å²) in [5.74, 6) is 0. The van der Waals surface area contributed by atoms with Gasteiger partial charge in [0.2, 0.25) is 0 Å². The Kier molecular flexibility index (Phi) is 3.70. The third kappa shape index (κ3) is 2.41. The lowest BCUT2D eigenvalue weighted by molar-refractivity contribution is 1.53. The molecule has 3 aromatic carbocycles. The minimum atomic E-state index is 1.17. The van der Waals surface area contributed by atoms with Crippen LogP contribution < -0.4 is 0 Å². The van der Waals surface area contributed by atoms with Crippen LogP contribution in [0.3, 0.4) is 0 Å². The van der Waals surface area contributed by atoms with Crippen molar-refractivity contribution >= 4 is 22.4 Å². The Balaban J connectivity index is 2.27. The van der Waals surface area contributed by atoms with Gasteiger partial charge in [-0.3, -0.25) is 0 Å². The molecule has 0 heterocycles. The fraction of sp³-hybridized carbons (Fsp3) is 0.0476. The van der Waals surface area contributed by atoms with Crippen LogP contribution in [0.25, 0.3) is 22.4 Å². The molecule has 0 unspecified atom stereocenters. The molecule has 0 aliphatic heterocycles. The fourth-order valence-electron chi connectivity index (χ4n) is 2.84. The second kappa shape index (κ2) is 5.80. The normalized spacial score (nSPS) is 11.6. The van der Waals surface area contributed by atoms with Crippen LogP contribution in [0.15, 0.2) is 79.4 Å². The lowest BCUT2D eigenvalue weighted by atomic mass is 9.90. The van der Waals surface area contributed by atoms with Crippen molar-refractivity contribution < 1.29 is 0 Å². The highest BCUT2D eigenvalue weighted by Gasteiger charge is 2.10. The molecule has 0 saturated carbocycles. The molecule has 0 saturated heterocycles. The fourth-order valence-corrected chi connectivity index (χ4v) is 2.84. The molecule has 0 heteroatoms. The van der Waals surface area contributed by atoms with Crippen molar-refractivity contribution in [2.75, 3.05) is 0 Å². The van der Waals surface area contributed by atoms with E-state index in [2.05, 4.69) is 86.3 Å². The number of allylic oxidation sites excluding steroid dienone is 1. The minimum Gasteiger partial charge on any atom is -0.0984 e. The predicted octanol–water partition coefficient (Wildman–Crippen LogP) is 5.93. The largest absolute Gasteiger partial charge is 0.0984 e. The summed E-state index contributed by atoms with van der Waals surface area (Å²) in [6, 6.07) is 23.4. The van der Waals surface area contributed by atoms with Gasteiger partial charge in [-0.2, -0.15) is 0 Å². The molecule has 3 aromatic rings. The summed E-state index contributed by atoms with van der Waals surface area (Å²) >= 11 is 0. The lowest BCUT2D eigenvalue weighted by Crippen LogP contribution is -1.92. The summed E-state index contributed by atoms with van der Waals surface area (Å²) in [5.41, 5.74) is 4.91. The quantitative estimate of drug-likeness (QED) is 0.553. The Morgan fingerprint density at radius 2 is 1.48 bits per heavy atom. The highest BCUT2D eigenvalue weighted by molar-refractivity contribution is 5.98. The van der Waals surface area contributed by atoms with Crippen molar-refractivity contribution in [1.82, 2.24) is 0 Å². The van der Waals surface area contributed by atoms with Gasteiger partial charge in [0.1, 0.15) is 0 Å². The number of hydrogen-bond donors (Lipinski definition) is 0. The van der Waals surface area contributed by atoms with Gasteiger partial charge < -0.3 is 0 Å². The molecule has 21 heavy (non-hydrogen) atoms. The summed E-state index contributed by atoms with van der Waals surface area (Å²) in [7, 11) is 0. The molecule has 0 radical (unpaired) electrons. The summed E-state index contributed by atoms with van der Waals surface area (Å²) in [6.07, 6.45) is 4.11. The maximum Gasteiger partial charge on any atom is -0.0102 e. The molecule has 0 atom stereocenters. The van der Waals surface area contributed by atoms with Crippen molar-refractivity contribution in [3.8, 4) is 0 Å². The maximum atomic E-state index is 3.94. The average molecular weight is 270 g/mol. The van der Waals surface area contributed by atoms with E-state index in [4.69, 9.17) is 0 Å². The van der Waals surface area contributed by atoms with Crippen LogP contribution in [-0.4, -0.2) is 0 Å². The Morgan fingerprint density at radius 1 is 0.810 bits per heavy atom. The van der Waals surface area contributed by atoms with Crippen molar-refractivity contribution in [2.24, 2.45) is 0 Å². The average Bonchev–Trinajstić information content (AvgIpc) is 2.56. The Hall–Kier alpha value is -2.60. The van der Waals surface area contributed by atoms with Crippen LogP contribution in [-0.2, 0) is 0 Å². The van der Waals surface area contributed by atoms with Crippen molar-refractivity contribution in [3.63, 3.8) is 0 Å². The molecule has 0 N–H and O–H groups in total. The third-order valence-corrected chi connectivity index (χ3v) is 3.84. The molecular formula is C21H18. The molecule has 3 rings (SSSR count). The van der Waals surface area contributed by atoms with E-state index >= 15 is 0 Å². The molecular weight excluding hydrogens is 252 g/mol. The van der Waals surface area contributed by atoms with Crippen LogP contribution in [0.1, 0.15) is 23.6 Å². The van der Waals surface area contributed by atoms with Crippen LogP contribution in [0, 0.1) is 0 Å². The Morgan fingerprint density at radius 3 is 2.29 bits per heavy atom. The molecule has 0 bridgehead atoms. The van der Waals surface area contributed by atoms with E-state index < -0.39 is 0 Å². The number of fused-ring (bicyclic) bond motifs is 1. The summed E-state index contributed by atoms with van der Waals surface area (Å²) in [5, 5.41) is 2.55. The van der Waals surface area contributed by atoms with Gasteiger partial charge in [0.15, 0.2) is 0 Å². The second-order valence-corrected chi connectivity index (χ2v) is 5.02. The number of rotatable bonds is 3. The molecule has 0 aliphatic rings. The van der Waals surface area contributed by atoms with E-state index in [0.29, 0.717) is 0 Å². The molecule has 0 fully saturated rings. The first-order chi connectivity index (χ1) is 10.3. The first-order valence-electron chi connectivity index (χ1n) is 7.21. The van der Waals surface area contributed by atoms with Crippen LogP contribution in [0.2, 0.25) is 0 Å². The van der Waals surface area contributed by atoms with Crippen LogP contribution >= 0.6 is 0 Å². The third-order valence-electron chi connectivity index (χ3n) is 3.84. The van der Waals surface area contributed by atoms with Crippen LogP contribution in [0.5, 0.6) is 0 Å². The number of benzene rings is 3. The Bertz CT molecular complexity index is 817. The summed E-state index contributed by atoms with van der Waals surface area (Å²) in [4.78, 5) is 0. The molecule has 0 amide bonds. The SMILES string of the molecule is C=Cc1ccccc1/C(=C\C)c1cccc2ccccc12. The molecule has 102 valence electrons. The van der Waals surface area contributed by atoms with E-state index in [1.807, 2.05) is 6.08 Å². The zero-order chi connectivity index (χ0) is 14.7.